The van der Waals surface area contributed by atoms with E-state index in [2.05, 4.69) is 0 Å². The van der Waals surface area contributed by atoms with Crippen LogP contribution in [0.4, 0.5) is 0 Å². The van der Waals surface area contributed by atoms with Crippen LogP contribution in [0.2, 0.25) is 0 Å². The Bertz CT molecular complexity index is 278. The van der Waals surface area contributed by atoms with E-state index in [-0.39, 0.29) is 31.5 Å². The largest absolute Gasteiger partial charge is 0.396 e. The van der Waals surface area contributed by atoms with E-state index in [1.807, 2.05) is 23.0 Å². The first-order chi connectivity index (χ1) is 9.24. The van der Waals surface area contributed by atoms with Gasteiger partial charge in [0.15, 0.2) is 0 Å². The van der Waals surface area contributed by atoms with Gasteiger partial charge in [0.2, 0.25) is 0 Å². The van der Waals surface area contributed by atoms with Crippen molar-refractivity contribution in [3.05, 3.63) is 0 Å². The second-order valence-electron chi connectivity index (χ2n) is 5.46. The first-order valence-electron chi connectivity index (χ1n) is 7.02. The number of aliphatic hydroxyl groups excluding tert-OH is 2. The molecule has 0 spiro atoms. The molecule has 0 aromatic rings. The fourth-order valence-corrected chi connectivity index (χ4v) is 3.50. The third kappa shape index (κ3) is 3.79. The highest BCUT2D eigenvalue weighted by molar-refractivity contribution is 14.1. The van der Waals surface area contributed by atoms with Crippen LogP contribution in [0.5, 0.6) is 0 Å². The minimum Gasteiger partial charge on any atom is -0.396 e. The topological polar surface area (TPSA) is 68.2 Å². The molecule has 112 valence electrons. The van der Waals surface area contributed by atoms with E-state index in [1.165, 1.54) is 0 Å². The lowest BCUT2D eigenvalue weighted by molar-refractivity contribution is -0.185. The minimum atomic E-state index is -0.548. The van der Waals surface area contributed by atoms with Gasteiger partial charge in [-0.3, -0.25) is 0 Å². The number of rotatable bonds is 7. The lowest BCUT2D eigenvalue weighted by Gasteiger charge is -2.40. The van der Waals surface area contributed by atoms with Gasteiger partial charge in [0, 0.05) is 13.0 Å². The molecule has 2 saturated heterocycles. The minimum absolute atomic E-state index is 0.00111. The molecule has 4 atom stereocenters. The van der Waals surface area contributed by atoms with Gasteiger partial charge in [0.05, 0.1) is 31.5 Å². The number of ether oxygens (including phenoxy) is 2. The Labute approximate surface area is 128 Å². The molecule has 4 unspecified atom stereocenters. The van der Waals surface area contributed by atoms with Gasteiger partial charge < -0.3 is 22.8 Å². The van der Waals surface area contributed by atoms with E-state index in [0.717, 1.165) is 38.7 Å². The third-order valence-electron chi connectivity index (χ3n) is 4.14. The van der Waals surface area contributed by atoms with Gasteiger partial charge in [-0.15, -0.1) is 0 Å². The molecule has 2 fully saturated rings. The Kier molecular flexibility index (Phi) is 6.29. The summed E-state index contributed by atoms with van der Waals surface area (Å²) in [4.78, 5) is 0. The van der Waals surface area contributed by atoms with Gasteiger partial charge >= 0.3 is 0 Å². The lowest BCUT2D eigenvalue weighted by atomic mass is 9.86. The van der Waals surface area contributed by atoms with E-state index in [9.17, 15) is 5.11 Å². The van der Waals surface area contributed by atoms with Crippen molar-refractivity contribution in [1.29, 1.82) is 0 Å². The second kappa shape index (κ2) is 7.51. The molecule has 6 heteroatoms. The summed E-state index contributed by atoms with van der Waals surface area (Å²) >= 11 is 1.90. The predicted octanol–water partition coefficient (Wildman–Crippen LogP) is 1.58. The molecule has 0 aromatic heterocycles. The van der Waals surface area contributed by atoms with Gasteiger partial charge in [-0.05, 0) is 32.1 Å². The van der Waals surface area contributed by atoms with Crippen molar-refractivity contribution in [3.8, 4) is 0 Å². The highest BCUT2D eigenvalue weighted by Gasteiger charge is 2.52. The third-order valence-corrected chi connectivity index (χ3v) is 4.58. The number of halogens is 1. The van der Waals surface area contributed by atoms with Gasteiger partial charge in [-0.1, -0.05) is 0 Å². The quantitative estimate of drug-likeness (QED) is 0.514. The Hall–Kier alpha value is 0.530. The maximum absolute atomic E-state index is 9.73. The first-order valence-corrected chi connectivity index (χ1v) is 7.90. The molecule has 19 heavy (non-hydrogen) atoms. The average molecular weight is 386 g/mol. The summed E-state index contributed by atoms with van der Waals surface area (Å²) in [5.74, 6) is 0. The molecule has 0 radical (unpaired) electrons. The van der Waals surface area contributed by atoms with E-state index in [4.69, 9.17) is 17.6 Å². The van der Waals surface area contributed by atoms with Gasteiger partial charge in [-0.2, -0.15) is 0 Å². The molecule has 2 heterocycles. The zero-order chi connectivity index (χ0) is 13.7. The Morgan fingerprint density at radius 2 is 2.05 bits per heavy atom. The second-order valence-corrected chi connectivity index (χ2v) is 6.08. The summed E-state index contributed by atoms with van der Waals surface area (Å²) in [5.41, 5.74) is -0.548. The highest BCUT2D eigenvalue weighted by Crippen LogP contribution is 2.43. The molecule has 2 aliphatic heterocycles. The highest BCUT2D eigenvalue weighted by atomic mass is 127. The fraction of sp³-hybridized carbons (Fsp3) is 1.00. The van der Waals surface area contributed by atoms with E-state index in [0.29, 0.717) is 6.42 Å². The van der Waals surface area contributed by atoms with Crippen molar-refractivity contribution in [2.24, 2.45) is 0 Å². The molecule has 2 aliphatic rings. The molecule has 5 nitrogen and oxygen atoms in total. The molecular weight excluding hydrogens is 363 g/mol. The van der Waals surface area contributed by atoms with Crippen molar-refractivity contribution < 1.29 is 22.8 Å². The summed E-state index contributed by atoms with van der Waals surface area (Å²) in [7, 11) is 0. The molecule has 0 aliphatic carbocycles. The van der Waals surface area contributed by atoms with Crippen molar-refractivity contribution in [2.75, 3.05) is 19.8 Å². The summed E-state index contributed by atoms with van der Waals surface area (Å²) in [6, 6.07) is 0. The Morgan fingerprint density at radius 3 is 2.74 bits per heavy atom. The Morgan fingerprint density at radius 1 is 1.21 bits per heavy atom. The number of hydrogen-bond donors (Lipinski definition) is 2. The van der Waals surface area contributed by atoms with Gasteiger partial charge in [-0.25, -0.2) is 0 Å². The molecule has 0 saturated carbocycles. The summed E-state index contributed by atoms with van der Waals surface area (Å²) in [6.45, 7) is 0.859. The predicted molar refractivity (Wildman–Crippen MR) is 78.1 cm³/mol. The van der Waals surface area contributed by atoms with Crippen molar-refractivity contribution in [2.45, 2.75) is 62.4 Å². The smallest absolute Gasteiger partial charge is 0.120 e. The molecule has 0 bridgehead atoms. The Balaban J connectivity index is 1.90. The SMILES string of the molecule is OCCC1CCC2OC(CCCOI)CC2(CO)O1. The van der Waals surface area contributed by atoms with Crippen LogP contribution in [0, 0.1) is 0 Å². The lowest BCUT2D eigenvalue weighted by Crippen LogP contribution is -2.51. The molecule has 2 rings (SSSR count). The van der Waals surface area contributed by atoms with Crippen LogP contribution in [-0.4, -0.2) is 53.9 Å². The number of aliphatic hydroxyl groups is 2. The summed E-state index contributed by atoms with van der Waals surface area (Å²) in [5, 5.41) is 18.8. The van der Waals surface area contributed by atoms with Crippen molar-refractivity contribution in [3.63, 3.8) is 0 Å². The fourth-order valence-electron chi connectivity index (χ4n) is 3.19. The standard InChI is InChI=1S/C13H23IO5/c14-17-7-1-2-11-8-13(9-16)12(18-11)4-3-10(19-13)5-6-15/h10-12,15-16H,1-9H2. The summed E-state index contributed by atoms with van der Waals surface area (Å²) in [6.07, 6.45) is 5.29. The van der Waals surface area contributed by atoms with Crippen LogP contribution >= 0.6 is 23.0 Å². The number of hydrogen-bond acceptors (Lipinski definition) is 5. The van der Waals surface area contributed by atoms with Crippen LogP contribution < -0.4 is 0 Å². The maximum atomic E-state index is 9.73. The van der Waals surface area contributed by atoms with Crippen LogP contribution in [0.1, 0.15) is 38.5 Å². The zero-order valence-electron chi connectivity index (χ0n) is 11.1. The average Bonchev–Trinajstić information content (AvgIpc) is 2.78. The van der Waals surface area contributed by atoms with E-state index < -0.39 is 5.60 Å². The van der Waals surface area contributed by atoms with E-state index in [1.54, 1.807) is 0 Å². The maximum Gasteiger partial charge on any atom is 0.120 e. The molecule has 0 amide bonds. The number of fused-ring (bicyclic) bond motifs is 1. The molecule has 0 aromatic carbocycles. The van der Waals surface area contributed by atoms with Crippen LogP contribution in [0.3, 0.4) is 0 Å². The van der Waals surface area contributed by atoms with Crippen molar-refractivity contribution >= 4 is 23.0 Å². The molecular formula is C13H23IO5. The van der Waals surface area contributed by atoms with Crippen LogP contribution in [-0.2, 0) is 12.5 Å². The monoisotopic (exact) mass is 386 g/mol. The van der Waals surface area contributed by atoms with Crippen molar-refractivity contribution in [1.82, 2.24) is 0 Å². The van der Waals surface area contributed by atoms with Gasteiger partial charge in [0.1, 0.15) is 28.6 Å². The summed E-state index contributed by atoms with van der Waals surface area (Å²) < 4.78 is 17.1. The van der Waals surface area contributed by atoms with Crippen LogP contribution in [0.25, 0.3) is 0 Å². The first kappa shape index (κ1) is 15.9. The van der Waals surface area contributed by atoms with Crippen LogP contribution in [0.15, 0.2) is 0 Å². The van der Waals surface area contributed by atoms with Gasteiger partial charge in [0.25, 0.3) is 0 Å². The van der Waals surface area contributed by atoms with E-state index >= 15 is 0 Å². The molecule has 2 N–H and O–H groups in total. The normalized spacial score (nSPS) is 38.4. The zero-order valence-corrected chi connectivity index (χ0v) is 13.3.